The summed E-state index contributed by atoms with van der Waals surface area (Å²) >= 11 is 0. The molecule has 0 heterocycles. The molecule has 0 spiro atoms. The molecule has 2 aromatic rings. The van der Waals surface area contributed by atoms with Gasteiger partial charge in [-0.25, -0.2) is 8.42 Å². The maximum atomic E-state index is 12.6. The van der Waals surface area contributed by atoms with Crippen LogP contribution < -0.4 is 4.31 Å². The lowest BCUT2D eigenvalue weighted by atomic mass is 10.2. The van der Waals surface area contributed by atoms with Crippen molar-refractivity contribution in [1.29, 1.82) is 0 Å². The number of anilines is 1. The molecule has 1 N–H and O–H groups in total. The topological polar surface area (TPSA) is 57.6 Å². The summed E-state index contributed by atoms with van der Waals surface area (Å²) in [6.07, 6.45) is 0. The Morgan fingerprint density at radius 2 is 1.76 bits per heavy atom. The summed E-state index contributed by atoms with van der Waals surface area (Å²) in [5, 5.41) is 9.62. The first-order chi connectivity index (χ1) is 9.94. The van der Waals surface area contributed by atoms with Gasteiger partial charge in [-0.2, -0.15) is 0 Å². The second-order valence-electron chi connectivity index (χ2n) is 4.88. The summed E-state index contributed by atoms with van der Waals surface area (Å²) in [6, 6.07) is 13.8. The fourth-order valence-corrected chi connectivity index (χ4v) is 3.91. The zero-order chi connectivity index (χ0) is 15.5. The van der Waals surface area contributed by atoms with Crippen molar-refractivity contribution in [2.45, 2.75) is 19.6 Å². The van der Waals surface area contributed by atoms with Crippen molar-refractivity contribution in [1.82, 2.24) is 0 Å². The van der Waals surface area contributed by atoms with Gasteiger partial charge in [0.25, 0.3) is 0 Å². The van der Waals surface area contributed by atoms with Crippen molar-refractivity contribution in [3.63, 3.8) is 0 Å². The maximum Gasteiger partial charge on any atom is 0.239 e. The Morgan fingerprint density at radius 1 is 1.10 bits per heavy atom. The average molecular weight is 305 g/mol. The van der Waals surface area contributed by atoms with E-state index in [1.165, 1.54) is 10.4 Å². The Morgan fingerprint density at radius 3 is 2.38 bits per heavy atom. The predicted molar refractivity (Wildman–Crippen MR) is 84.9 cm³/mol. The minimum absolute atomic E-state index is 0.0588. The molecule has 0 aliphatic carbocycles. The smallest absolute Gasteiger partial charge is 0.239 e. The lowest BCUT2D eigenvalue weighted by Crippen LogP contribution is -2.32. The average Bonchev–Trinajstić information content (AvgIpc) is 2.43. The van der Waals surface area contributed by atoms with Gasteiger partial charge >= 0.3 is 0 Å². The highest BCUT2D eigenvalue weighted by atomic mass is 32.2. The number of phenols is 1. The Labute approximate surface area is 125 Å². The van der Waals surface area contributed by atoms with E-state index in [-0.39, 0.29) is 11.5 Å². The molecular weight excluding hydrogens is 286 g/mol. The minimum atomic E-state index is -3.50. The monoisotopic (exact) mass is 305 g/mol. The Balaban J connectivity index is 2.38. The molecule has 0 saturated carbocycles. The van der Waals surface area contributed by atoms with Gasteiger partial charge in [-0.3, -0.25) is 4.31 Å². The molecule has 0 amide bonds. The molecule has 5 heteroatoms. The standard InChI is InChI=1S/C16H19NO3S/c1-3-17(16-11-15(18)10-9-13(16)2)21(19,20)12-14-7-5-4-6-8-14/h4-11,18H,3,12H2,1-2H3. The van der Waals surface area contributed by atoms with Crippen LogP contribution in [0.15, 0.2) is 48.5 Å². The molecule has 0 aromatic heterocycles. The van der Waals surface area contributed by atoms with Crippen LogP contribution >= 0.6 is 0 Å². The van der Waals surface area contributed by atoms with Gasteiger partial charge in [-0.15, -0.1) is 0 Å². The summed E-state index contributed by atoms with van der Waals surface area (Å²) in [5.74, 6) is 0.000469. The van der Waals surface area contributed by atoms with Crippen LogP contribution in [-0.2, 0) is 15.8 Å². The van der Waals surface area contributed by atoms with E-state index >= 15 is 0 Å². The van der Waals surface area contributed by atoms with Crippen LogP contribution in [0, 0.1) is 6.92 Å². The predicted octanol–water partition coefficient (Wildman–Crippen LogP) is 3.06. The van der Waals surface area contributed by atoms with E-state index in [0.29, 0.717) is 12.2 Å². The highest BCUT2D eigenvalue weighted by Crippen LogP contribution is 2.28. The minimum Gasteiger partial charge on any atom is -0.508 e. The summed E-state index contributed by atoms with van der Waals surface area (Å²) in [4.78, 5) is 0. The molecule has 0 saturated heterocycles. The largest absolute Gasteiger partial charge is 0.508 e. The van der Waals surface area contributed by atoms with Crippen LogP contribution in [-0.4, -0.2) is 20.1 Å². The maximum absolute atomic E-state index is 12.6. The zero-order valence-electron chi connectivity index (χ0n) is 12.2. The first kappa shape index (κ1) is 15.4. The molecule has 2 aromatic carbocycles. The SMILES string of the molecule is CCN(c1cc(O)ccc1C)S(=O)(=O)Cc1ccccc1. The number of rotatable bonds is 5. The normalized spacial score (nSPS) is 11.3. The third-order valence-corrected chi connectivity index (χ3v) is 5.10. The van der Waals surface area contributed by atoms with Crippen LogP contribution in [0.4, 0.5) is 5.69 Å². The third kappa shape index (κ3) is 3.55. The molecular formula is C16H19NO3S. The van der Waals surface area contributed by atoms with Crippen LogP contribution in [0.3, 0.4) is 0 Å². The number of phenolic OH excluding ortho intramolecular Hbond substituents is 1. The van der Waals surface area contributed by atoms with Gasteiger partial charge in [0.15, 0.2) is 0 Å². The molecule has 0 atom stereocenters. The molecule has 0 fully saturated rings. The number of aromatic hydroxyl groups is 1. The number of benzene rings is 2. The number of hydrogen-bond acceptors (Lipinski definition) is 3. The Hall–Kier alpha value is -2.01. The summed E-state index contributed by atoms with van der Waals surface area (Å²) in [7, 11) is -3.50. The van der Waals surface area contributed by atoms with Gasteiger partial charge in [-0.05, 0) is 31.0 Å². The number of sulfonamides is 1. The number of aryl methyl sites for hydroxylation is 1. The second kappa shape index (κ2) is 6.18. The van der Waals surface area contributed by atoms with Crippen LogP contribution in [0.5, 0.6) is 5.75 Å². The fraction of sp³-hybridized carbons (Fsp3) is 0.250. The molecule has 0 unspecified atom stereocenters. The first-order valence-electron chi connectivity index (χ1n) is 6.78. The van der Waals surface area contributed by atoms with Crippen LogP contribution in [0.1, 0.15) is 18.1 Å². The highest BCUT2D eigenvalue weighted by Gasteiger charge is 2.23. The van der Waals surface area contributed by atoms with E-state index in [1.54, 1.807) is 31.2 Å². The lowest BCUT2D eigenvalue weighted by Gasteiger charge is -2.24. The van der Waals surface area contributed by atoms with Crippen molar-refractivity contribution in [2.75, 3.05) is 10.8 Å². The van der Waals surface area contributed by atoms with Gasteiger partial charge in [0.05, 0.1) is 11.4 Å². The van der Waals surface area contributed by atoms with Gasteiger partial charge in [0.2, 0.25) is 10.0 Å². The van der Waals surface area contributed by atoms with E-state index in [0.717, 1.165) is 11.1 Å². The van der Waals surface area contributed by atoms with Gasteiger partial charge < -0.3 is 5.11 Å². The van der Waals surface area contributed by atoms with Gasteiger partial charge in [0.1, 0.15) is 5.75 Å². The van der Waals surface area contributed by atoms with Crippen LogP contribution in [0.2, 0.25) is 0 Å². The third-order valence-electron chi connectivity index (χ3n) is 3.28. The molecule has 21 heavy (non-hydrogen) atoms. The fourth-order valence-electron chi connectivity index (χ4n) is 2.25. The summed E-state index contributed by atoms with van der Waals surface area (Å²) < 4.78 is 26.6. The molecule has 0 aliphatic rings. The summed E-state index contributed by atoms with van der Waals surface area (Å²) in [6.45, 7) is 3.93. The molecule has 0 bridgehead atoms. The van der Waals surface area contributed by atoms with Crippen molar-refractivity contribution in [3.8, 4) is 5.75 Å². The summed E-state index contributed by atoms with van der Waals surface area (Å²) in [5.41, 5.74) is 2.08. The molecule has 112 valence electrons. The van der Waals surface area contributed by atoms with Crippen molar-refractivity contribution in [2.24, 2.45) is 0 Å². The van der Waals surface area contributed by atoms with E-state index in [1.807, 2.05) is 25.1 Å². The second-order valence-corrected chi connectivity index (χ2v) is 6.77. The Kier molecular flexibility index (Phi) is 4.53. The highest BCUT2D eigenvalue weighted by molar-refractivity contribution is 7.92. The molecule has 0 aliphatic heterocycles. The van der Waals surface area contributed by atoms with E-state index < -0.39 is 10.0 Å². The van der Waals surface area contributed by atoms with Crippen LogP contribution in [0.25, 0.3) is 0 Å². The molecule has 2 rings (SSSR count). The van der Waals surface area contributed by atoms with E-state index in [9.17, 15) is 13.5 Å². The van der Waals surface area contributed by atoms with Crippen molar-refractivity contribution < 1.29 is 13.5 Å². The van der Waals surface area contributed by atoms with Gasteiger partial charge in [0, 0.05) is 12.6 Å². The van der Waals surface area contributed by atoms with Crippen molar-refractivity contribution in [3.05, 3.63) is 59.7 Å². The van der Waals surface area contributed by atoms with Crippen molar-refractivity contribution >= 4 is 15.7 Å². The quantitative estimate of drug-likeness (QED) is 0.923. The number of nitrogens with zero attached hydrogens (tertiary/aromatic N) is 1. The van der Waals surface area contributed by atoms with E-state index in [4.69, 9.17) is 0 Å². The molecule has 4 nitrogen and oxygen atoms in total. The Bertz CT molecular complexity index is 712. The number of hydrogen-bond donors (Lipinski definition) is 1. The zero-order valence-corrected chi connectivity index (χ0v) is 13.0. The van der Waals surface area contributed by atoms with Gasteiger partial charge in [-0.1, -0.05) is 36.4 Å². The first-order valence-corrected chi connectivity index (χ1v) is 8.39. The molecule has 0 radical (unpaired) electrons. The lowest BCUT2D eigenvalue weighted by molar-refractivity contribution is 0.475. The van der Waals surface area contributed by atoms with E-state index in [2.05, 4.69) is 0 Å².